The molecule has 0 aliphatic rings. The van der Waals surface area contributed by atoms with Crippen LogP contribution in [0, 0.1) is 0 Å². The van der Waals surface area contributed by atoms with Crippen molar-refractivity contribution in [3.8, 4) is 0 Å². The Morgan fingerprint density at radius 2 is 1.25 bits per heavy atom. The molecule has 4 nitrogen and oxygen atoms in total. The molecule has 0 aliphatic carbocycles. The first kappa shape index (κ1) is 22.6. The molecule has 0 spiro atoms. The maximum atomic E-state index is 8.88. The van der Waals surface area contributed by atoms with E-state index in [0.29, 0.717) is 0 Å². The van der Waals surface area contributed by atoms with Gasteiger partial charge in [0.05, 0.1) is 0 Å². The standard InChI is InChI=1S/Cu.Fe.Li.H3O4P.H/c;;;1-5(2,3)4;/h;;;(H3,1,2,3,4);/q;;+1;;-1. The van der Waals surface area contributed by atoms with E-state index in [-0.39, 0.29) is 54.4 Å². The van der Waals surface area contributed by atoms with Crippen LogP contribution in [0.5, 0.6) is 0 Å². The number of hydrogen-bond acceptors (Lipinski definition) is 1. The van der Waals surface area contributed by atoms with Gasteiger partial charge in [-0.15, -0.1) is 0 Å². The van der Waals surface area contributed by atoms with E-state index in [1.54, 1.807) is 0 Å². The van der Waals surface area contributed by atoms with Gasteiger partial charge in [0, 0.05) is 34.1 Å². The second kappa shape index (κ2) is 8.75. The largest absolute Gasteiger partial charge is 1.00 e. The van der Waals surface area contributed by atoms with E-state index in [2.05, 4.69) is 0 Å². The second-order valence-corrected chi connectivity index (χ2v) is 1.54. The SMILES string of the molecule is O=P(O)(O)O.[Cu].[Fe].[H-].[Li+]. The van der Waals surface area contributed by atoms with Crippen molar-refractivity contribution >= 4 is 7.82 Å². The van der Waals surface area contributed by atoms with Crippen LogP contribution in [-0.4, -0.2) is 14.7 Å². The Kier molecular flexibility index (Phi) is 24.7. The third kappa shape index (κ3) is 116. The van der Waals surface area contributed by atoms with Gasteiger partial charge in [-0.1, -0.05) is 0 Å². The van der Waals surface area contributed by atoms with Gasteiger partial charge in [-0.3, -0.25) is 0 Å². The third-order valence-corrected chi connectivity index (χ3v) is 0. The van der Waals surface area contributed by atoms with Gasteiger partial charge in [0.25, 0.3) is 0 Å². The maximum absolute atomic E-state index is 8.88. The molecule has 0 amide bonds. The second-order valence-electron chi connectivity index (χ2n) is 0.513. The van der Waals surface area contributed by atoms with Crippen LogP contribution in [0.25, 0.3) is 0 Å². The monoisotopic (exact) mass is 225 g/mol. The zero-order valence-corrected chi connectivity index (χ0v) is 6.79. The summed E-state index contributed by atoms with van der Waals surface area (Å²) in [6, 6.07) is 0. The van der Waals surface area contributed by atoms with Crippen molar-refractivity contribution in [2.75, 3.05) is 0 Å². The summed E-state index contributed by atoms with van der Waals surface area (Å²) in [5.74, 6) is 0. The van der Waals surface area contributed by atoms with Crippen molar-refractivity contribution in [2.24, 2.45) is 0 Å². The topological polar surface area (TPSA) is 77.8 Å². The van der Waals surface area contributed by atoms with E-state index in [4.69, 9.17) is 19.2 Å². The van der Waals surface area contributed by atoms with Crippen LogP contribution in [0.3, 0.4) is 0 Å². The molecular formula is H4CuFeLiO4P. The van der Waals surface area contributed by atoms with Crippen molar-refractivity contribution in [3.05, 3.63) is 0 Å². The van der Waals surface area contributed by atoms with Gasteiger partial charge in [-0.05, 0) is 0 Å². The molecule has 0 aromatic rings. The van der Waals surface area contributed by atoms with Gasteiger partial charge in [0.1, 0.15) is 0 Å². The quantitative estimate of drug-likeness (QED) is 0.292. The number of hydrogen-bond donors (Lipinski definition) is 3. The normalized spacial score (nSPS) is 7.38. The molecule has 0 heterocycles. The van der Waals surface area contributed by atoms with E-state index in [9.17, 15) is 0 Å². The fourth-order valence-electron chi connectivity index (χ4n) is 0. The zero-order valence-electron chi connectivity index (χ0n) is 4.85. The molecule has 0 unspecified atom stereocenters. The zero-order chi connectivity index (χ0) is 4.50. The van der Waals surface area contributed by atoms with Crippen LogP contribution in [-0.2, 0) is 38.7 Å². The van der Waals surface area contributed by atoms with Crippen molar-refractivity contribution in [1.29, 1.82) is 0 Å². The minimum atomic E-state index is -4.64. The molecule has 0 rings (SSSR count). The Bertz CT molecular complexity index is 66.7. The summed E-state index contributed by atoms with van der Waals surface area (Å²) in [6.45, 7) is 0. The Labute approximate surface area is 81.3 Å². The van der Waals surface area contributed by atoms with Crippen molar-refractivity contribution in [1.82, 2.24) is 0 Å². The van der Waals surface area contributed by atoms with Gasteiger partial charge < -0.3 is 16.1 Å². The molecule has 8 heteroatoms. The molecule has 0 fully saturated rings. The summed E-state index contributed by atoms with van der Waals surface area (Å²) < 4.78 is 8.88. The van der Waals surface area contributed by atoms with E-state index in [1.807, 2.05) is 0 Å². The van der Waals surface area contributed by atoms with Crippen LogP contribution in [0.1, 0.15) is 1.43 Å². The fourth-order valence-corrected chi connectivity index (χ4v) is 0. The van der Waals surface area contributed by atoms with Gasteiger partial charge in [-0.2, -0.15) is 0 Å². The molecule has 3 N–H and O–H groups in total. The summed E-state index contributed by atoms with van der Waals surface area (Å²) >= 11 is 0. The molecular weight excluding hydrogens is 221 g/mol. The molecule has 53 valence electrons. The summed E-state index contributed by atoms with van der Waals surface area (Å²) in [7, 11) is -4.64. The van der Waals surface area contributed by atoms with Crippen LogP contribution in [0.15, 0.2) is 0 Å². The third-order valence-electron chi connectivity index (χ3n) is 0. The molecule has 8 heavy (non-hydrogen) atoms. The first-order valence-corrected chi connectivity index (χ1v) is 2.35. The molecule has 0 bridgehead atoms. The summed E-state index contributed by atoms with van der Waals surface area (Å²) in [6.07, 6.45) is 0. The predicted octanol–water partition coefficient (Wildman–Crippen LogP) is -3.82. The molecule has 0 aromatic carbocycles. The average molecular weight is 225 g/mol. The van der Waals surface area contributed by atoms with E-state index < -0.39 is 7.82 Å². The minimum absolute atomic E-state index is 0. The van der Waals surface area contributed by atoms with Crippen molar-refractivity contribution < 1.29 is 73.7 Å². The van der Waals surface area contributed by atoms with Gasteiger partial charge >= 0.3 is 26.7 Å². The summed E-state index contributed by atoms with van der Waals surface area (Å²) in [5, 5.41) is 0. The van der Waals surface area contributed by atoms with Gasteiger partial charge in [0.15, 0.2) is 0 Å². The van der Waals surface area contributed by atoms with Crippen molar-refractivity contribution in [2.45, 2.75) is 0 Å². The van der Waals surface area contributed by atoms with Crippen molar-refractivity contribution in [3.63, 3.8) is 0 Å². The first-order valence-electron chi connectivity index (χ1n) is 0.783. The van der Waals surface area contributed by atoms with Gasteiger partial charge in [-0.25, -0.2) is 4.57 Å². The Balaban J connectivity index is -0.0000000133. The first-order chi connectivity index (χ1) is 2.00. The van der Waals surface area contributed by atoms with Crippen LogP contribution in [0.2, 0.25) is 0 Å². The number of phosphoric acid groups is 1. The number of rotatable bonds is 0. The molecule has 0 saturated carbocycles. The Morgan fingerprint density at radius 3 is 1.25 bits per heavy atom. The van der Waals surface area contributed by atoms with Crippen LogP contribution >= 0.6 is 7.82 Å². The van der Waals surface area contributed by atoms with E-state index >= 15 is 0 Å². The Morgan fingerprint density at radius 1 is 1.25 bits per heavy atom. The molecule has 0 saturated heterocycles. The maximum Gasteiger partial charge on any atom is 1.00 e. The Hall–Kier alpha value is 1.75. The molecule has 0 aliphatic heterocycles. The molecule has 0 atom stereocenters. The minimum Gasteiger partial charge on any atom is -1.00 e. The van der Waals surface area contributed by atoms with Crippen LogP contribution < -0.4 is 18.9 Å². The van der Waals surface area contributed by atoms with Gasteiger partial charge in [0.2, 0.25) is 0 Å². The molecule has 1 radical (unpaired) electrons. The smallest absolute Gasteiger partial charge is 1.00 e. The van der Waals surface area contributed by atoms with Crippen LogP contribution in [0.4, 0.5) is 0 Å². The van der Waals surface area contributed by atoms with E-state index in [0.717, 1.165) is 0 Å². The predicted molar refractivity (Wildman–Crippen MR) is 15.4 cm³/mol. The van der Waals surface area contributed by atoms with E-state index in [1.165, 1.54) is 0 Å². The average Bonchev–Trinajstić information content (AvgIpc) is 0.722. The fraction of sp³-hybridized carbons (Fsp3) is 0. The molecule has 0 aromatic heterocycles. The summed E-state index contributed by atoms with van der Waals surface area (Å²) in [5.41, 5.74) is 0. The summed E-state index contributed by atoms with van der Waals surface area (Å²) in [4.78, 5) is 21.6.